The third-order valence-electron chi connectivity index (χ3n) is 5.92. The SMILES string of the molecule is C=C(C)C(=O)OC1C2CC3CC1CC(OCC(=O)OC(C)OCC)(C3)C2. The van der Waals surface area contributed by atoms with Crippen LogP contribution in [0.25, 0.3) is 0 Å². The van der Waals surface area contributed by atoms with Gasteiger partial charge in [-0.15, -0.1) is 0 Å². The summed E-state index contributed by atoms with van der Waals surface area (Å²) in [5, 5.41) is 0. The van der Waals surface area contributed by atoms with Crippen LogP contribution in [0.4, 0.5) is 0 Å². The minimum absolute atomic E-state index is 0.0441. The molecule has 0 heterocycles. The van der Waals surface area contributed by atoms with Gasteiger partial charge in [-0.3, -0.25) is 0 Å². The van der Waals surface area contributed by atoms with Gasteiger partial charge in [0.15, 0.2) is 6.29 Å². The van der Waals surface area contributed by atoms with Gasteiger partial charge in [0, 0.05) is 12.2 Å². The Hall–Kier alpha value is -1.40. The lowest BCUT2D eigenvalue weighted by atomic mass is 9.53. The van der Waals surface area contributed by atoms with Crippen LogP contribution in [0.15, 0.2) is 12.2 Å². The van der Waals surface area contributed by atoms with E-state index in [2.05, 4.69) is 6.58 Å². The highest BCUT2D eigenvalue weighted by Gasteiger charge is 2.57. The fraction of sp³-hybridized carbons (Fsp3) is 0.800. The van der Waals surface area contributed by atoms with Crippen molar-refractivity contribution in [3.63, 3.8) is 0 Å². The Bertz CT molecular complexity index is 555. The number of ether oxygens (including phenoxy) is 4. The molecule has 0 aromatic heterocycles. The zero-order valence-corrected chi connectivity index (χ0v) is 16.0. The fourth-order valence-electron chi connectivity index (χ4n) is 5.20. The van der Waals surface area contributed by atoms with E-state index in [1.54, 1.807) is 13.8 Å². The average Bonchev–Trinajstić information content (AvgIpc) is 2.55. The molecule has 4 fully saturated rings. The summed E-state index contributed by atoms with van der Waals surface area (Å²) >= 11 is 0. The van der Waals surface area contributed by atoms with Crippen LogP contribution < -0.4 is 0 Å². The van der Waals surface area contributed by atoms with Crippen LogP contribution in [-0.4, -0.2) is 43.1 Å². The van der Waals surface area contributed by atoms with Crippen molar-refractivity contribution >= 4 is 11.9 Å². The first-order valence-corrected chi connectivity index (χ1v) is 9.63. The summed E-state index contributed by atoms with van der Waals surface area (Å²) in [6.45, 7) is 9.35. The van der Waals surface area contributed by atoms with Gasteiger partial charge in [-0.05, 0) is 70.6 Å². The van der Waals surface area contributed by atoms with Crippen molar-refractivity contribution in [3.8, 4) is 0 Å². The van der Waals surface area contributed by atoms with Gasteiger partial charge in [0.05, 0.1) is 5.60 Å². The highest BCUT2D eigenvalue weighted by atomic mass is 16.7. The van der Waals surface area contributed by atoms with Crippen molar-refractivity contribution in [1.82, 2.24) is 0 Å². The summed E-state index contributed by atoms with van der Waals surface area (Å²) in [5.74, 6) is 0.509. The van der Waals surface area contributed by atoms with Gasteiger partial charge in [-0.25, -0.2) is 9.59 Å². The normalized spacial score (nSPS) is 35.8. The third kappa shape index (κ3) is 4.12. The van der Waals surface area contributed by atoms with E-state index in [9.17, 15) is 9.59 Å². The first kappa shape index (κ1) is 19.4. The highest BCUT2D eigenvalue weighted by Crippen LogP contribution is 2.58. The first-order chi connectivity index (χ1) is 12.3. The molecule has 0 radical (unpaired) electrons. The molecule has 4 aliphatic rings. The van der Waals surface area contributed by atoms with Crippen LogP contribution in [0.1, 0.15) is 52.9 Å². The van der Waals surface area contributed by atoms with Crippen LogP contribution in [-0.2, 0) is 28.5 Å². The van der Waals surface area contributed by atoms with Crippen LogP contribution >= 0.6 is 0 Å². The van der Waals surface area contributed by atoms with Crippen LogP contribution in [0.5, 0.6) is 0 Å². The Morgan fingerprint density at radius 1 is 1.19 bits per heavy atom. The molecule has 4 saturated carbocycles. The van der Waals surface area contributed by atoms with Gasteiger partial charge < -0.3 is 18.9 Å². The standard InChI is InChI=1S/C20H30O6/c1-5-23-13(4)25-17(21)11-24-20-8-14-6-15(9-20)18(16(7-14)10-20)26-19(22)12(2)3/h13-16,18H,2,5-11H2,1,3-4H3. The molecule has 0 aromatic rings. The molecule has 0 spiro atoms. The number of esters is 2. The van der Waals surface area contributed by atoms with E-state index in [1.165, 1.54) is 0 Å². The number of carbonyl (C=O) groups is 2. The van der Waals surface area contributed by atoms with Crippen LogP contribution in [0.3, 0.4) is 0 Å². The molecule has 3 atom stereocenters. The van der Waals surface area contributed by atoms with E-state index in [0.29, 0.717) is 29.9 Å². The van der Waals surface area contributed by atoms with Crippen molar-refractivity contribution in [1.29, 1.82) is 0 Å². The maximum atomic E-state index is 12.0. The van der Waals surface area contributed by atoms with E-state index < -0.39 is 12.3 Å². The van der Waals surface area contributed by atoms with Gasteiger partial charge in [-0.2, -0.15) is 0 Å². The molecule has 26 heavy (non-hydrogen) atoms. The molecule has 6 heteroatoms. The van der Waals surface area contributed by atoms with E-state index in [1.807, 2.05) is 6.92 Å². The topological polar surface area (TPSA) is 71.1 Å². The Morgan fingerprint density at radius 3 is 2.42 bits per heavy atom. The summed E-state index contributed by atoms with van der Waals surface area (Å²) in [6, 6.07) is 0. The van der Waals surface area contributed by atoms with Crippen LogP contribution in [0, 0.1) is 17.8 Å². The Kier molecular flexibility index (Phi) is 5.72. The summed E-state index contributed by atoms with van der Waals surface area (Å²) in [5.41, 5.74) is 0.159. The Morgan fingerprint density at radius 2 is 1.85 bits per heavy atom. The number of carbonyl (C=O) groups excluding carboxylic acids is 2. The summed E-state index contributed by atoms with van der Waals surface area (Å²) in [7, 11) is 0. The third-order valence-corrected chi connectivity index (χ3v) is 5.92. The van der Waals surface area contributed by atoms with Crippen molar-refractivity contribution < 1.29 is 28.5 Å². The largest absolute Gasteiger partial charge is 0.458 e. The summed E-state index contributed by atoms with van der Waals surface area (Å²) in [4.78, 5) is 24.0. The molecule has 0 aromatic carbocycles. The van der Waals surface area contributed by atoms with Gasteiger partial charge in [0.1, 0.15) is 12.7 Å². The van der Waals surface area contributed by atoms with Gasteiger partial charge in [0.25, 0.3) is 0 Å². The molecule has 4 bridgehead atoms. The number of hydrogen-bond acceptors (Lipinski definition) is 6. The lowest BCUT2D eigenvalue weighted by molar-refractivity contribution is -0.220. The molecule has 3 unspecified atom stereocenters. The maximum Gasteiger partial charge on any atom is 0.334 e. The number of rotatable bonds is 8. The van der Waals surface area contributed by atoms with E-state index in [0.717, 1.165) is 32.1 Å². The van der Waals surface area contributed by atoms with Gasteiger partial charge in [-0.1, -0.05) is 6.58 Å². The molecular formula is C20H30O6. The molecule has 4 rings (SSSR count). The zero-order valence-electron chi connectivity index (χ0n) is 16.0. The predicted molar refractivity (Wildman–Crippen MR) is 94.1 cm³/mol. The monoisotopic (exact) mass is 366 g/mol. The minimum atomic E-state index is -0.557. The van der Waals surface area contributed by atoms with Gasteiger partial charge >= 0.3 is 11.9 Å². The zero-order chi connectivity index (χ0) is 18.9. The molecule has 6 nitrogen and oxygen atoms in total. The van der Waals surface area contributed by atoms with E-state index >= 15 is 0 Å². The van der Waals surface area contributed by atoms with E-state index in [4.69, 9.17) is 18.9 Å². The number of hydrogen-bond donors (Lipinski definition) is 0. The molecule has 146 valence electrons. The van der Waals surface area contributed by atoms with Gasteiger partial charge in [0.2, 0.25) is 0 Å². The van der Waals surface area contributed by atoms with Crippen LogP contribution in [0.2, 0.25) is 0 Å². The quantitative estimate of drug-likeness (QED) is 0.374. The van der Waals surface area contributed by atoms with Crippen molar-refractivity contribution in [2.45, 2.75) is 70.9 Å². The lowest BCUT2D eigenvalue weighted by Gasteiger charge is -2.58. The molecule has 0 aliphatic heterocycles. The predicted octanol–water partition coefficient (Wildman–Crippen LogP) is 3.00. The molecule has 0 amide bonds. The smallest absolute Gasteiger partial charge is 0.334 e. The second-order valence-electron chi connectivity index (χ2n) is 8.10. The molecular weight excluding hydrogens is 336 g/mol. The molecule has 4 aliphatic carbocycles. The maximum absolute atomic E-state index is 12.0. The summed E-state index contributed by atoms with van der Waals surface area (Å²) in [6.07, 6.45) is 4.19. The van der Waals surface area contributed by atoms with Crippen molar-refractivity contribution in [2.75, 3.05) is 13.2 Å². The van der Waals surface area contributed by atoms with E-state index in [-0.39, 0.29) is 24.3 Å². The fourth-order valence-corrected chi connectivity index (χ4v) is 5.20. The minimum Gasteiger partial charge on any atom is -0.458 e. The average molecular weight is 366 g/mol. The second kappa shape index (κ2) is 7.69. The highest BCUT2D eigenvalue weighted by molar-refractivity contribution is 5.87. The molecule has 0 N–H and O–H groups in total. The van der Waals surface area contributed by atoms with Crippen molar-refractivity contribution in [3.05, 3.63) is 12.2 Å². The summed E-state index contributed by atoms with van der Waals surface area (Å²) < 4.78 is 22.2. The van der Waals surface area contributed by atoms with Crippen molar-refractivity contribution in [2.24, 2.45) is 17.8 Å². The first-order valence-electron chi connectivity index (χ1n) is 9.63. The molecule has 0 saturated heterocycles. The Balaban J connectivity index is 1.57. The lowest BCUT2D eigenvalue weighted by Crippen LogP contribution is -2.59. The Labute approximate surface area is 155 Å². The second-order valence-corrected chi connectivity index (χ2v) is 8.10.